The van der Waals surface area contributed by atoms with Crippen molar-refractivity contribution in [2.75, 3.05) is 13.7 Å². The number of carbonyl (C=O) groups excluding carboxylic acids is 1. The molecule has 1 atom stereocenters. The van der Waals surface area contributed by atoms with Gasteiger partial charge in [0.25, 0.3) is 5.91 Å². The summed E-state index contributed by atoms with van der Waals surface area (Å²) in [4.78, 5) is 24.9. The molecule has 2 N–H and O–H groups in total. The second-order valence-corrected chi connectivity index (χ2v) is 7.51. The van der Waals surface area contributed by atoms with Crippen molar-refractivity contribution in [2.24, 2.45) is 0 Å². The molecule has 0 bridgehead atoms. The molecule has 1 aromatic carbocycles. The molecule has 6 heteroatoms. The van der Waals surface area contributed by atoms with Crippen molar-refractivity contribution >= 4 is 23.6 Å². The summed E-state index contributed by atoms with van der Waals surface area (Å²) in [5, 5.41) is 12.4. The van der Waals surface area contributed by atoms with E-state index >= 15 is 0 Å². The molecule has 2 rings (SSSR count). The second kappa shape index (κ2) is 9.08. The molecule has 0 spiro atoms. The molecular weight excluding hydrogens is 326 g/mol. The average Bonchev–Trinajstić information content (AvgIpc) is 3.05. The Labute approximate surface area is 147 Å². The minimum Gasteiger partial charge on any atom is -0.480 e. The van der Waals surface area contributed by atoms with E-state index in [-0.39, 0.29) is 18.9 Å². The molecule has 0 saturated heterocycles. The fourth-order valence-corrected chi connectivity index (χ4v) is 4.19. The van der Waals surface area contributed by atoms with Crippen LogP contribution in [-0.4, -0.2) is 42.0 Å². The van der Waals surface area contributed by atoms with Crippen LogP contribution in [0.5, 0.6) is 0 Å². The Hall–Kier alpha value is -1.53. The number of carboxylic acid groups (broad SMARTS) is 1. The monoisotopic (exact) mass is 351 g/mol. The fourth-order valence-electron chi connectivity index (χ4n) is 2.84. The van der Waals surface area contributed by atoms with E-state index < -0.39 is 12.0 Å². The molecule has 132 valence electrons. The van der Waals surface area contributed by atoms with Crippen LogP contribution in [0, 0.1) is 6.92 Å². The van der Waals surface area contributed by atoms with E-state index in [9.17, 15) is 14.7 Å². The lowest BCUT2D eigenvalue weighted by atomic mass is 10.1. The van der Waals surface area contributed by atoms with Crippen LogP contribution in [0.1, 0.15) is 48.0 Å². The molecule has 1 aliphatic rings. The highest BCUT2D eigenvalue weighted by molar-refractivity contribution is 8.00. The van der Waals surface area contributed by atoms with Crippen molar-refractivity contribution in [3.8, 4) is 0 Å². The lowest BCUT2D eigenvalue weighted by Gasteiger charge is -2.17. The summed E-state index contributed by atoms with van der Waals surface area (Å²) in [6.45, 7) is 2.22. The highest BCUT2D eigenvalue weighted by Gasteiger charge is 2.24. The average molecular weight is 351 g/mol. The van der Waals surface area contributed by atoms with Crippen LogP contribution in [0.2, 0.25) is 0 Å². The Morgan fingerprint density at radius 2 is 2.08 bits per heavy atom. The van der Waals surface area contributed by atoms with Gasteiger partial charge >= 0.3 is 5.97 Å². The van der Waals surface area contributed by atoms with Gasteiger partial charge in [-0.3, -0.25) is 4.79 Å². The summed E-state index contributed by atoms with van der Waals surface area (Å²) in [6, 6.07) is 4.86. The molecule has 1 fully saturated rings. The van der Waals surface area contributed by atoms with E-state index in [0.29, 0.717) is 10.8 Å². The van der Waals surface area contributed by atoms with Gasteiger partial charge in [0.05, 0.1) is 5.56 Å². The summed E-state index contributed by atoms with van der Waals surface area (Å²) < 4.78 is 4.92. The topological polar surface area (TPSA) is 75.6 Å². The number of aliphatic carboxylic acids is 1. The zero-order chi connectivity index (χ0) is 17.5. The van der Waals surface area contributed by atoms with Gasteiger partial charge in [0.2, 0.25) is 0 Å². The smallest absolute Gasteiger partial charge is 0.326 e. The van der Waals surface area contributed by atoms with Gasteiger partial charge in [0, 0.05) is 30.3 Å². The van der Waals surface area contributed by atoms with Crippen molar-refractivity contribution in [1.29, 1.82) is 0 Å². The maximum Gasteiger partial charge on any atom is 0.326 e. The van der Waals surface area contributed by atoms with E-state index in [1.165, 1.54) is 32.8 Å². The molecule has 0 radical (unpaired) electrons. The number of methoxy groups -OCH3 is 1. The first-order valence-corrected chi connectivity index (χ1v) is 9.19. The molecular formula is C18H25NO4S. The third-order valence-electron chi connectivity index (χ3n) is 4.19. The van der Waals surface area contributed by atoms with Gasteiger partial charge in [0.1, 0.15) is 6.04 Å². The first kappa shape index (κ1) is 18.8. The number of amides is 1. The Balaban J connectivity index is 2.14. The number of ether oxygens (including phenoxy) is 1. The van der Waals surface area contributed by atoms with E-state index in [1.54, 1.807) is 11.8 Å². The molecule has 1 unspecified atom stereocenters. The molecule has 24 heavy (non-hydrogen) atoms. The highest BCUT2D eigenvalue weighted by Crippen LogP contribution is 2.36. The molecule has 1 aromatic rings. The van der Waals surface area contributed by atoms with Crippen LogP contribution in [-0.2, 0) is 9.53 Å². The minimum atomic E-state index is -1.04. The number of aryl methyl sites for hydroxylation is 1. The van der Waals surface area contributed by atoms with Crippen LogP contribution in [0.15, 0.2) is 23.1 Å². The molecule has 0 heterocycles. The number of carbonyl (C=O) groups is 2. The van der Waals surface area contributed by atoms with Gasteiger partial charge in [-0.25, -0.2) is 4.79 Å². The van der Waals surface area contributed by atoms with Crippen molar-refractivity contribution in [2.45, 2.75) is 55.2 Å². The first-order chi connectivity index (χ1) is 11.5. The predicted octanol–water partition coefficient (Wildman–Crippen LogP) is 3.25. The van der Waals surface area contributed by atoms with Crippen molar-refractivity contribution in [3.05, 3.63) is 29.3 Å². The number of hydrogen-bond donors (Lipinski definition) is 2. The van der Waals surface area contributed by atoms with Gasteiger partial charge in [-0.15, -0.1) is 11.8 Å². The normalized spacial score (nSPS) is 16.1. The lowest BCUT2D eigenvalue weighted by Crippen LogP contribution is -2.41. The third kappa shape index (κ3) is 5.24. The van der Waals surface area contributed by atoms with Crippen LogP contribution in [0.3, 0.4) is 0 Å². The number of rotatable bonds is 8. The quantitative estimate of drug-likeness (QED) is 0.752. The summed E-state index contributed by atoms with van der Waals surface area (Å²) in [5.41, 5.74) is 1.55. The summed E-state index contributed by atoms with van der Waals surface area (Å²) in [6.07, 6.45) is 5.07. The van der Waals surface area contributed by atoms with Crippen molar-refractivity contribution in [1.82, 2.24) is 5.32 Å². The van der Waals surface area contributed by atoms with Gasteiger partial charge in [0.15, 0.2) is 0 Å². The lowest BCUT2D eigenvalue weighted by molar-refractivity contribution is -0.139. The third-order valence-corrected chi connectivity index (χ3v) is 5.60. The molecule has 1 amide bonds. The van der Waals surface area contributed by atoms with Gasteiger partial charge < -0.3 is 15.2 Å². The van der Waals surface area contributed by atoms with Crippen LogP contribution in [0.4, 0.5) is 0 Å². The van der Waals surface area contributed by atoms with Gasteiger partial charge in [-0.2, -0.15) is 0 Å². The van der Waals surface area contributed by atoms with Crippen molar-refractivity contribution in [3.63, 3.8) is 0 Å². The van der Waals surface area contributed by atoms with E-state index in [1.807, 2.05) is 25.1 Å². The van der Waals surface area contributed by atoms with E-state index in [2.05, 4.69) is 5.32 Å². The number of nitrogens with one attached hydrogen (secondary N) is 1. The molecule has 1 aliphatic carbocycles. The SMILES string of the molecule is COCCC(NC(=O)c1cc(C)ccc1SC1CCCC1)C(=O)O. The van der Waals surface area contributed by atoms with Crippen LogP contribution >= 0.6 is 11.8 Å². The molecule has 0 aromatic heterocycles. The fraction of sp³-hybridized carbons (Fsp3) is 0.556. The largest absolute Gasteiger partial charge is 0.480 e. The number of thioether (sulfide) groups is 1. The zero-order valence-electron chi connectivity index (χ0n) is 14.2. The summed E-state index contributed by atoms with van der Waals surface area (Å²) in [7, 11) is 1.51. The number of hydrogen-bond acceptors (Lipinski definition) is 4. The van der Waals surface area contributed by atoms with Gasteiger partial charge in [-0.05, 0) is 31.9 Å². The Bertz CT molecular complexity index is 584. The molecule has 5 nitrogen and oxygen atoms in total. The summed E-state index contributed by atoms with van der Waals surface area (Å²) >= 11 is 1.74. The number of benzene rings is 1. The molecule has 1 saturated carbocycles. The predicted molar refractivity (Wildman–Crippen MR) is 94.7 cm³/mol. The second-order valence-electron chi connectivity index (χ2n) is 6.17. The van der Waals surface area contributed by atoms with Crippen molar-refractivity contribution < 1.29 is 19.4 Å². The maximum absolute atomic E-state index is 12.6. The standard InChI is InChI=1S/C18H25NO4S/c1-12-7-8-16(24-13-5-3-4-6-13)14(11-12)17(20)19-15(18(21)22)9-10-23-2/h7-8,11,13,15H,3-6,9-10H2,1-2H3,(H,19,20)(H,21,22). The molecule has 0 aliphatic heterocycles. The Morgan fingerprint density at radius 1 is 1.38 bits per heavy atom. The van der Waals surface area contributed by atoms with Crippen LogP contribution < -0.4 is 5.32 Å². The summed E-state index contributed by atoms with van der Waals surface area (Å²) in [5.74, 6) is -1.37. The minimum absolute atomic E-state index is 0.245. The zero-order valence-corrected chi connectivity index (χ0v) is 15.0. The van der Waals surface area contributed by atoms with Crippen LogP contribution in [0.25, 0.3) is 0 Å². The van der Waals surface area contributed by atoms with Gasteiger partial charge in [-0.1, -0.05) is 24.5 Å². The Morgan fingerprint density at radius 3 is 2.71 bits per heavy atom. The van der Waals surface area contributed by atoms with E-state index in [0.717, 1.165) is 10.5 Å². The van der Waals surface area contributed by atoms with E-state index in [4.69, 9.17) is 4.74 Å². The highest BCUT2D eigenvalue weighted by atomic mass is 32.2. The first-order valence-electron chi connectivity index (χ1n) is 8.31. The number of carboxylic acids is 1. The maximum atomic E-state index is 12.6. The Kier molecular flexibility index (Phi) is 7.12.